The number of hydrogen-bond donors (Lipinski definition) is 2. The third-order valence-corrected chi connectivity index (χ3v) is 4.39. The van der Waals surface area contributed by atoms with Gasteiger partial charge in [-0.3, -0.25) is 9.59 Å². The number of nitrogens with one attached hydrogen (secondary N) is 1. The molecule has 1 saturated carbocycles. The van der Waals surface area contributed by atoms with Gasteiger partial charge < -0.3 is 10.4 Å². The molecule has 2 rings (SSSR count). The molecule has 1 aliphatic carbocycles. The Morgan fingerprint density at radius 3 is 2.38 bits per heavy atom. The minimum Gasteiger partial charge on any atom is -0.481 e. The molecule has 0 aromatic heterocycles. The molecular formula is C16H20ClNO3. The van der Waals surface area contributed by atoms with Crippen molar-refractivity contribution in [2.24, 2.45) is 0 Å². The second-order valence-corrected chi connectivity index (χ2v) is 5.99. The van der Waals surface area contributed by atoms with Gasteiger partial charge in [-0.25, -0.2) is 0 Å². The second-order valence-electron chi connectivity index (χ2n) is 5.55. The van der Waals surface area contributed by atoms with Crippen LogP contribution in [0.2, 0.25) is 5.02 Å². The van der Waals surface area contributed by atoms with Gasteiger partial charge in [0.05, 0.1) is 5.41 Å². The smallest absolute Gasteiger partial charge is 0.303 e. The van der Waals surface area contributed by atoms with E-state index in [0.29, 0.717) is 18.0 Å². The highest BCUT2D eigenvalue weighted by Gasteiger charge is 2.42. The van der Waals surface area contributed by atoms with Gasteiger partial charge in [-0.05, 0) is 37.0 Å². The minimum absolute atomic E-state index is 0.00714. The van der Waals surface area contributed by atoms with Gasteiger partial charge >= 0.3 is 5.97 Å². The zero-order valence-electron chi connectivity index (χ0n) is 11.9. The molecule has 1 aromatic carbocycles. The molecule has 1 aliphatic rings. The first-order valence-corrected chi connectivity index (χ1v) is 7.68. The van der Waals surface area contributed by atoms with Crippen LogP contribution in [0.25, 0.3) is 0 Å². The molecule has 1 fully saturated rings. The summed E-state index contributed by atoms with van der Waals surface area (Å²) in [6, 6.07) is 7.47. The van der Waals surface area contributed by atoms with E-state index < -0.39 is 11.4 Å². The van der Waals surface area contributed by atoms with Crippen molar-refractivity contribution in [3.8, 4) is 0 Å². The Morgan fingerprint density at radius 1 is 1.19 bits per heavy atom. The SMILES string of the molecule is O=C(O)CCCNC(=O)C1(c2ccc(Cl)cc2)CCCC1. The van der Waals surface area contributed by atoms with Crippen molar-refractivity contribution in [3.05, 3.63) is 34.9 Å². The van der Waals surface area contributed by atoms with Crippen molar-refractivity contribution in [1.82, 2.24) is 5.32 Å². The van der Waals surface area contributed by atoms with Crippen molar-refractivity contribution < 1.29 is 14.7 Å². The molecule has 4 nitrogen and oxygen atoms in total. The summed E-state index contributed by atoms with van der Waals surface area (Å²) in [5.41, 5.74) is 0.522. The zero-order valence-corrected chi connectivity index (χ0v) is 12.7. The summed E-state index contributed by atoms with van der Waals surface area (Å²) < 4.78 is 0. The van der Waals surface area contributed by atoms with E-state index in [1.165, 1.54) is 0 Å². The Hall–Kier alpha value is -1.55. The van der Waals surface area contributed by atoms with Gasteiger partial charge in [-0.1, -0.05) is 36.6 Å². The number of halogens is 1. The minimum atomic E-state index is -0.836. The lowest BCUT2D eigenvalue weighted by molar-refractivity contribution is -0.137. The first-order chi connectivity index (χ1) is 10.0. The van der Waals surface area contributed by atoms with Crippen LogP contribution in [0, 0.1) is 0 Å². The fourth-order valence-electron chi connectivity index (χ4n) is 3.01. The van der Waals surface area contributed by atoms with Crippen molar-refractivity contribution in [1.29, 1.82) is 0 Å². The van der Waals surface area contributed by atoms with Crippen molar-refractivity contribution in [2.45, 2.75) is 43.9 Å². The fraction of sp³-hybridized carbons (Fsp3) is 0.500. The highest BCUT2D eigenvalue weighted by molar-refractivity contribution is 6.30. The molecule has 0 spiro atoms. The highest BCUT2D eigenvalue weighted by atomic mass is 35.5. The van der Waals surface area contributed by atoms with E-state index in [0.717, 1.165) is 31.2 Å². The average Bonchev–Trinajstić information content (AvgIpc) is 2.94. The molecule has 0 saturated heterocycles. The monoisotopic (exact) mass is 309 g/mol. The van der Waals surface area contributed by atoms with Crippen LogP contribution < -0.4 is 5.32 Å². The van der Waals surface area contributed by atoms with E-state index in [-0.39, 0.29) is 12.3 Å². The van der Waals surface area contributed by atoms with E-state index in [1.54, 1.807) is 0 Å². The van der Waals surface area contributed by atoms with Gasteiger partial charge in [-0.15, -0.1) is 0 Å². The van der Waals surface area contributed by atoms with Gasteiger partial charge in [0, 0.05) is 18.0 Å². The van der Waals surface area contributed by atoms with Gasteiger partial charge in [0.15, 0.2) is 0 Å². The zero-order chi connectivity index (χ0) is 15.3. The molecular weight excluding hydrogens is 290 g/mol. The van der Waals surface area contributed by atoms with Crippen LogP contribution in [0.1, 0.15) is 44.1 Å². The first-order valence-electron chi connectivity index (χ1n) is 7.31. The molecule has 0 unspecified atom stereocenters. The summed E-state index contributed by atoms with van der Waals surface area (Å²) in [4.78, 5) is 23.1. The molecule has 2 N–H and O–H groups in total. The molecule has 0 atom stereocenters. The van der Waals surface area contributed by atoms with E-state index in [2.05, 4.69) is 5.32 Å². The topological polar surface area (TPSA) is 66.4 Å². The average molecular weight is 310 g/mol. The maximum atomic E-state index is 12.6. The maximum Gasteiger partial charge on any atom is 0.303 e. The third kappa shape index (κ3) is 3.76. The van der Waals surface area contributed by atoms with Crippen LogP contribution in [0.4, 0.5) is 0 Å². The lowest BCUT2D eigenvalue weighted by Gasteiger charge is -2.28. The van der Waals surface area contributed by atoms with Crippen LogP contribution in [0.5, 0.6) is 0 Å². The summed E-state index contributed by atoms with van der Waals surface area (Å²) in [5.74, 6) is -0.828. The maximum absolute atomic E-state index is 12.6. The molecule has 21 heavy (non-hydrogen) atoms. The molecule has 5 heteroatoms. The first kappa shape index (κ1) is 15.8. The predicted octanol–water partition coefficient (Wildman–Crippen LogP) is 3.13. The van der Waals surface area contributed by atoms with Crippen molar-refractivity contribution in [2.75, 3.05) is 6.54 Å². The van der Waals surface area contributed by atoms with Crippen molar-refractivity contribution >= 4 is 23.5 Å². The Bertz CT molecular complexity index is 507. The molecule has 1 aromatic rings. The Balaban J connectivity index is 2.05. The van der Waals surface area contributed by atoms with Crippen LogP contribution in [0.15, 0.2) is 24.3 Å². The molecule has 0 heterocycles. The van der Waals surface area contributed by atoms with E-state index in [9.17, 15) is 9.59 Å². The Morgan fingerprint density at radius 2 is 1.81 bits per heavy atom. The molecule has 0 bridgehead atoms. The third-order valence-electron chi connectivity index (χ3n) is 4.14. The van der Waals surface area contributed by atoms with Gasteiger partial charge in [0.25, 0.3) is 0 Å². The van der Waals surface area contributed by atoms with Gasteiger partial charge in [0.1, 0.15) is 0 Å². The largest absolute Gasteiger partial charge is 0.481 e. The number of aliphatic carboxylic acids is 1. The van der Waals surface area contributed by atoms with E-state index >= 15 is 0 Å². The van der Waals surface area contributed by atoms with E-state index in [4.69, 9.17) is 16.7 Å². The Labute approximate surface area is 129 Å². The van der Waals surface area contributed by atoms with Gasteiger partial charge in [0.2, 0.25) is 5.91 Å². The number of benzene rings is 1. The fourth-order valence-corrected chi connectivity index (χ4v) is 3.13. The van der Waals surface area contributed by atoms with E-state index in [1.807, 2.05) is 24.3 Å². The number of amides is 1. The second kappa shape index (κ2) is 6.94. The van der Waals surface area contributed by atoms with Crippen LogP contribution >= 0.6 is 11.6 Å². The normalized spacial score (nSPS) is 16.6. The number of carboxylic acids is 1. The number of carboxylic acid groups (broad SMARTS) is 1. The Kier molecular flexibility index (Phi) is 5.23. The predicted molar refractivity (Wildman–Crippen MR) is 81.5 cm³/mol. The quantitative estimate of drug-likeness (QED) is 0.793. The molecule has 1 amide bonds. The number of rotatable bonds is 6. The number of hydrogen-bond acceptors (Lipinski definition) is 2. The number of carbonyl (C=O) groups is 2. The lowest BCUT2D eigenvalue weighted by Crippen LogP contribution is -2.43. The summed E-state index contributed by atoms with van der Waals surface area (Å²) in [6.07, 6.45) is 4.27. The highest BCUT2D eigenvalue weighted by Crippen LogP contribution is 2.41. The summed E-state index contributed by atoms with van der Waals surface area (Å²) in [5, 5.41) is 12.2. The summed E-state index contributed by atoms with van der Waals surface area (Å²) in [7, 11) is 0. The van der Waals surface area contributed by atoms with Crippen LogP contribution in [-0.2, 0) is 15.0 Å². The molecule has 0 aliphatic heterocycles. The molecule has 0 radical (unpaired) electrons. The van der Waals surface area contributed by atoms with Crippen LogP contribution in [0.3, 0.4) is 0 Å². The summed E-state index contributed by atoms with van der Waals surface area (Å²) in [6.45, 7) is 0.403. The van der Waals surface area contributed by atoms with Crippen molar-refractivity contribution in [3.63, 3.8) is 0 Å². The summed E-state index contributed by atoms with van der Waals surface area (Å²) >= 11 is 5.92. The lowest BCUT2D eigenvalue weighted by atomic mass is 9.78. The standard InChI is InChI=1S/C16H20ClNO3/c17-13-7-5-12(6-8-13)16(9-1-2-10-16)15(21)18-11-3-4-14(19)20/h5-8H,1-4,9-11H2,(H,18,21)(H,19,20). The van der Waals surface area contributed by atoms with Crippen LogP contribution in [-0.4, -0.2) is 23.5 Å². The molecule has 114 valence electrons. The van der Waals surface area contributed by atoms with Gasteiger partial charge in [-0.2, -0.15) is 0 Å². The number of carbonyl (C=O) groups excluding carboxylic acids is 1.